The monoisotopic (exact) mass is 378 g/mol. The largest absolute Gasteiger partial charge is 0.481 e. The van der Waals surface area contributed by atoms with Crippen LogP contribution in [0, 0.1) is 28.9 Å². The summed E-state index contributed by atoms with van der Waals surface area (Å²) in [6, 6.07) is 3.78. The molecule has 7 heteroatoms. The molecule has 1 aromatic rings. The Balaban J connectivity index is 1.46. The maximum atomic E-state index is 13.4. The fourth-order valence-corrected chi connectivity index (χ4v) is 5.09. The average molecular weight is 378 g/mol. The van der Waals surface area contributed by atoms with Crippen LogP contribution in [0.25, 0.3) is 0 Å². The molecule has 0 unspecified atom stereocenters. The van der Waals surface area contributed by atoms with Crippen molar-refractivity contribution in [2.45, 2.75) is 32.2 Å². The first kappa shape index (κ1) is 18.3. The molecule has 4 rings (SSSR count). The van der Waals surface area contributed by atoms with Crippen LogP contribution < -0.4 is 0 Å². The van der Waals surface area contributed by atoms with Gasteiger partial charge in [-0.3, -0.25) is 14.5 Å². The highest BCUT2D eigenvalue weighted by Crippen LogP contribution is 2.44. The minimum atomic E-state index is -0.965. The topological polar surface area (TPSA) is 60.9 Å². The number of hydrogen-bond acceptors (Lipinski definition) is 3. The van der Waals surface area contributed by atoms with Crippen molar-refractivity contribution in [2.24, 2.45) is 17.3 Å². The fraction of sp³-hybridized carbons (Fsp3) is 0.600. The van der Waals surface area contributed by atoms with Crippen molar-refractivity contribution in [1.29, 1.82) is 0 Å². The lowest BCUT2D eigenvalue weighted by atomic mass is 9.81. The molecular weight excluding hydrogens is 354 g/mol. The Kier molecular flexibility index (Phi) is 4.66. The van der Waals surface area contributed by atoms with Gasteiger partial charge in [-0.1, -0.05) is 18.9 Å². The summed E-state index contributed by atoms with van der Waals surface area (Å²) in [7, 11) is 0. The van der Waals surface area contributed by atoms with Crippen molar-refractivity contribution in [3.63, 3.8) is 0 Å². The van der Waals surface area contributed by atoms with Crippen molar-refractivity contribution in [3.05, 3.63) is 35.4 Å². The molecule has 1 N–H and O–H groups in total. The molecule has 1 amide bonds. The molecule has 2 heterocycles. The van der Waals surface area contributed by atoms with Crippen molar-refractivity contribution in [3.8, 4) is 0 Å². The first-order valence-electron chi connectivity index (χ1n) is 9.57. The number of carbonyl (C=O) groups is 2. The third-order valence-electron chi connectivity index (χ3n) is 6.51. The second kappa shape index (κ2) is 6.86. The van der Waals surface area contributed by atoms with E-state index in [0.717, 1.165) is 37.8 Å². The predicted octanol–water partition coefficient (Wildman–Crippen LogP) is 2.50. The number of carboxylic acids is 1. The molecule has 2 saturated heterocycles. The van der Waals surface area contributed by atoms with Gasteiger partial charge in [0, 0.05) is 44.6 Å². The molecule has 1 aliphatic carbocycles. The molecule has 0 spiro atoms. The Bertz CT molecular complexity index is 766. The van der Waals surface area contributed by atoms with Gasteiger partial charge >= 0.3 is 5.97 Å². The summed E-state index contributed by atoms with van der Waals surface area (Å²) >= 11 is 0. The summed E-state index contributed by atoms with van der Waals surface area (Å²) < 4.78 is 26.6. The molecule has 0 bridgehead atoms. The molecular formula is C20H24F2N2O3. The first-order chi connectivity index (χ1) is 12.9. The van der Waals surface area contributed by atoms with Crippen LogP contribution in [0.1, 0.15) is 31.2 Å². The minimum Gasteiger partial charge on any atom is -0.481 e. The van der Waals surface area contributed by atoms with E-state index in [4.69, 9.17) is 0 Å². The van der Waals surface area contributed by atoms with Crippen molar-refractivity contribution >= 4 is 11.9 Å². The molecule has 1 saturated carbocycles. The summed E-state index contributed by atoms with van der Waals surface area (Å²) in [4.78, 5) is 28.6. The van der Waals surface area contributed by atoms with Crippen LogP contribution in [-0.2, 0) is 16.1 Å². The van der Waals surface area contributed by atoms with Crippen LogP contribution in [-0.4, -0.2) is 53.0 Å². The number of carboxylic acid groups (broad SMARTS) is 1. The molecule has 3 fully saturated rings. The second-order valence-corrected chi connectivity index (χ2v) is 8.28. The molecule has 0 aromatic heterocycles. The Labute approximate surface area is 156 Å². The maximum absolute atomic E-state index is 13.4. The smallest absolute Gasteiger partial charge is 0.313 e. The van der Waals surface area contributed by atoms with E-state index < -0.39 is 23.0 Å². The molecule has 27 heavy (non-hydrogen) atoms. The Morgan fingerprint density at radius 3 is 2.48 bits per heavy atom. The highest BCUT2D eigenvalue weighted by atomic mass is 19.2. The summed E-state index contributed by atoms with van der Waals surface area (Å²) in [6.07, 6.45) is 3.95. The third kappa shape index (κ3) is 3.22. The summed E-state index contributed by atoms with van der Waals surface area (Å²) in [5.74, 6) is -2.64. The summed E-state index contributed by atoms with van der Waals surface area (Å²) in [6.45, 7) is 1.95. The van der Waals surface area contributed by atoms with Crippen LogP contribution in [0.3, 0.4) is 0 Å². The molecule has 3 aliphatic rings. The van der Waals surface area contributed by atoms with E-state index >= 15 is 0 Å². The SMILES string of the molecule is O=C(C1CCCC1)N1C[C@@H]2CN(Cc3ccc(F)c(F)c3)C[C@]2(C(=O)O)C1. The van der Waals surface area contributed by atoms with E-state index in [0.29, 0.717) is 31.7 Å². The summed E-state index contributed by atoms with van der Waals surface area (Å²) in [5, 5.41) is 9.93. The quantitative estimate of drug-likeness (QED) is 0.875. The zero-order valence-corrected chi connectivity index (χ0v) is 15.2. The molecule has 2 aliphatic heterocycles. The van der Waals surface area contributed by atoms with Gasteiger partial charge in [-0.2, -0.15) is 0 Å². The number of benzene rings is 1. The van der Waals surface area contributed by atoms with Crippen molar-refractivity contribution in [2.75, 3.05) is 26.2 Å². The lowest BCUT2D eigenvalue weighted by Gasteiger charge is -2.27. The highest BCUT2D eigenvalue weighted by Gasteiger charge is 2.58. The van der Waals surface area contributed by atoms with E-state index in [1.165, 1.54) is 6.07 Å². The van der Waals surface area contributed by atoms with Gasteiger partial charge in [0.2, 0.25) is 5.91 Å². The van der Waals surface area contributed by atoms with Crippen LogP contribution in [0.2, 0.25) is 0 Å². The van der Waals surface area contributed by atoms with Gasteiger partial charge < -0.3 is 10.0 Å². The number of carbonyl (C=O) groups excluding carboxylic acids is 1. The van der Waals surface area contributed by atoms with Gasteiger partial charge in [0.05, 0.1) is 0 Å². The number of amides is 1. The van der Waals surface area contributed by atoms with E-state index in [9.17, 15) is 23.5 Å². The number of hydrogen-bond donors (Lipinski definition) is 1. The number of nitrogens with zero attached hydrogens (tertiary/aromatic N) is 2. The van der Waals surface area contributed by atoms with Gasteiger partial charge in [0.25, 0.3) is 0 Å². The Morgan fingerprint density at radius 2 is 1.85 bits per heavy atom. The van der Waals surface area contributed by atoms with E-state index in [-0.39, 0.29) is 24.3 Å². The van der Waals surface area contributed by atoms with E-state index in [1.54, 1.807) is 4.90 Å². The van der Waals surface area contributed by atoms with Crippen molar-refractivity contribution < 1.29 is 23.5 Å². The van der Waals surface area contributed by atoms with E-state index in [1.807, 2.05) is 4.90 Å². The highest BCUT2D eigenvalue weighted by molar-refractivity contribution is 5.83. The zero-order valence-electron chi connectivity index (χ0n) is 15.2. The van der Waals surface area contributed by atoms with Gasteiger partial charge in [0.1, 0.15) is 5.41 Å². The standard InChI is InChI=1S/C20H24F2N2O3/c21-16-6-5-13(7-17(16)22)8-23-9-15-10-24(12-20(15,11-23)19(26)27)18(25)14-3-1-2-4-14/h5-7,14-15H,1-4,8-12H2,(H,26,27)/t15-,20-/m0/s1. The minimum absolute atomic E-state index is 0.0490. The number of likely N-dealkylation sites (tertiary alicyclic amines) is 2. The Morgan fingerprint density at radius 1 is 1.11 bits per heavy atom. The van der Waals surface area contributed by atoms with Crippen LogP contribution in [0.4, 0.5) is 8.78 Å². The van der Waals surface area contributed by atoms with Crippen LogP contribution >= 0.6 is 0 Å². The van der Waals surface area contributed by atoms with Gasteiger partial charge in [-0.25, -0.2) is 8.78 Å². The van der Waals surface area contributed by atoms with Crippen LogP contribution in [0.15, 0.2) is 18.2 Å². The number of fused-ring (bicyclic) bond motifs is 1. The van der Waals surface area contributed by atoms with E-state index in [2.05, 4.69) is 0 Å². The van der Waals surface area contributed by atoms with Crippen molar-refractivity contribution in [1.82, 2.24) is 9.80 Å². The molecule has 5 nitrogen and oxygen atoms in total. The molecule has 146 valence electrons. The number of aliphatic carboxylic acids is 1. The lowest BCUT2D eigenvalue weighted by Crippen LogP contribution is -2.42. The first-order valence-corrected chi connectivity index (χ1v) is 9.57. The lowest BCUT2D eigenvalue weighted by molar-refractivity contribution is -0.149. The zero-order chi connectivity index (χ0) is 19.2. The molecule has 1 aromatic carbocycles. The van der Waals surface area contributed by atoms with Crippen LogP contribution in [0.5, 0.6) is 0 Å². The normalized spacial score (nSPS) is 28.7. The fourth-order valence-electron chi connectivity index (χ4n) is 5.09. The van der Waals surface area contributed by atoms with Gasteiger partial charge in [-0.05, 0) is 30.5 Å². The second-order valence-electron chi connectivity index (χ2n) is 8.28. The number of halogens is 2. The van der Waals surface area contributed by atoms with Gasteiger partial charge in [0.15, 0.2) is 11.6 Å². The average Bonchev–Trinajstić information content (AvgIpc) is 3.32. The molecule has 2 atom stereocenters. The number of rotatable bonds is 4. The molecule has 0 radical (unpaired) electrons. The predicted molar refractivity (Wildman–Crippen MR) is 93.7 cm³/mol. The Hall–Kier alpha value is -2.02. The third-order valence-corrected chi connectivity index (χ3v) is 6.51. The maximum Gasteiger partial charge on any atom is 0.313 e. The summed E-state index contributed by atoms with van der Waals surface area (Å²) in [5.41, 5.74) is -0.347. The van der Waals surface area contributed by atoms with Gasteiger partial charge in [-0.15, -0.1) is 0 Å².